The third kappa shape index (κ3) is 5.07. The van der Waals surface area contributed by atoms with Crippen molar-refractivity contribution in [1.29, 1.82) is 0 Å². The number of carbonyl (C=O) groups is 1. The van der Waals surface area contributed by atoms with Crippen LogP contribution in [-0.2, 0) is 20.9 Å². The fraction of sp³-hybridized carbons (Fsp3) is 0.667. The molecule has 0 saturated heterocycles. The van der Waals surface area contributed by atoms with Gasteiger partial charge >= 0.3 is 0 Å². The largest absolute Gasteiger partial charge is 0.373 e. The molecule has 0 unspecified atom stereocenters. The number of hydrogen-bond donors (Lipinski definition) is 0. The van der Waals surface area contributed by atoms with Gasteiger partial charge in [-0.2, -0.15) is 0 Å². The maximum absolute atomic E-state index is 13.8. The maximum atomic E-state index is 13.8. The highest BCUT2D eigenvalue weighted by Gasteiger charge is 2.56. The Morgan fingerprint density at radius 2 is 1.55 bits per heavy atom. The molecular weight excluding hydrogens is 400 g/mol. The van der Waals surface area contributed by atoms with E-state index < -0.39 is 13.7 Å². The predicted molar refractivity (Wildman–Crippen MR) is 133 cm³/mol. The van der Waals surface area contributed by atoms with Crippen LogP contribution in [0.2, 0.25) is 16.6 Å². The number of rotatable bonds is 12. The van der Waals surface area contributed by atoms with Gasteiger partial charge in [-0.05, 0) is 39.4 Å². The van der Waals surface area contributed by atoms with Gasteiger partial charge in [0.25, 0.3) is 0 Å². The number of methoxy groups -OCH3 is 1. The van der Waals surface area contributed by atoms with Crippen LogP contribution in [0, 0.1) is 0 Å². The number of ether oxygens (including phenoxy) is 2. The highest BCUT2D eigenvalue weighted by atomic mass is 28.3. The van der Waals surface area contributed by atoms with Crippen LogP contribution in [0.15, 0.2) is 41.1 Å². The summed E-state index contributed by atoms with van der Waals surface area (Å²) in [5, 5.41) is 1.14. The van der Waals surface area contributed by atoms with Gasteiger partial charge in [0.1, 0.15) is 0 Å². The summed E-state index contributed by atoms with van der Waals surface area (Å²) in [6.45, 7) is 17.2. The van der Waals surface area contributed by atoms with Gasteiger partial charge in [-0.3, -0.25) is 4.79 Å². The lowest BCUT2D eigenvalue weighted by Crippen LogP contribution is -2.49. The van der Waals surface area contributed by atoms with Crippen molar-refractivity contribution in [2.75, 3.05) is 13.7 Å². The van der Waals surface area contributed by atoms with E-state index in [1.54, 1.807) is 7.11 Å². The maximum Gasteiger partial charge on any atom is 0.158 e. The Hall–Kier alpha value is -1.23. The Kier molecular flexibility index (Phi) is 9.29. The topological polar surface area (TPSA) is 35.5 Å². The summed E-state index contributed by atoms with van der Waals surface area (Å²) in [5.41, 5.74) is 3.26. The number of carbonyl (C=O) groups excluding carboxylic acids is 1. The van der Waals surface area contributed by atoms with Crippen LogP contribution in [0.1, 0.15) is 79.7 Å². The summed E-state index contributed by atoms with van der Waals surface area (Å²) < 4.78 is 12.5. The van der Waals surface area contributed by atoms with Gasteiger partial charge in [-0.25, -0.2) is 0 Å². The standard InChI is InChI=1S/C27H44O3Si/c1-9-10-16-27(29-8)17-25(28)26(31(20(2)3,21(4)5)22(6)7)24(27)19-30-18-23-14-12-11-13-15-23/h11-15,20-22H,9-10,16-19H2,1-8H3/t27-/m0/s1. The van der Waals surface area contributed by atoms with Crippen molar-refractivity contribution in [3.63, 3.8) is 0 Å². The van der Waals surface area contributed by atoms with Crippen molar-refractivity contribution in [2.45, 2.75) is 103 Å². The Labute approximate surface area is 191 Å². The van der Waals surface area contributed by atoms with Crippen LogP contribution in [0.3, 0.4) is 0 Å². The second-order valence-electron chi connectivity index (χ2n) is 10.1. The van der Waals surface area contributed by atoms with Gasteiger partial charge in [-0.1, -0.05) is 91.6 Å². The Bertz CT molecular complexity index is 729. The van der Waals surface area contributed by atoms with Crippen molar-refractivity contribution in [3.05, 3.63) is 46.7 Å². The lowest BCUT2D eigenvalue weighted by atomic mass is 9.89. The zero-order valence-corrected chi connectivity index (χ0v) is 22.1. The molecule has 1 aromatic rings. The summed E-state index contributed by atoms with van der Waals surface area (Å²) in [4.78, 5) is 13.8. The van der Waals surface area contributed by atoms with Gasteiger partial charge in [0, 0.05) is 13.5 Å². The first-order valence-corrected chi connectivity index (χ1v) is 14.3. The fourth-order valence-electron chi connectivity index (χ4n) is 6.27. The molecule has 174 valence electrons. The van der Waals surface area contributed by atoms with E-state index >= 15 is 0 Å². The molecule has 0 aliphatic heterocycles. The monoisotopic (exact) mass is 444 g/mol. The first-order chi connectivity index (χ1) is 14.7. The molecule has 1 atom stereocenters. The molecule has 0 fully saturated rings. The molecule has 0 bridgehead atoms. The van der Waals surface area contributed by atoms with Gasteiger partial charge in [0.2, 0.25) is 0 Å². The van der Waals surface area contributed by atoms with Crippen molar-refractivity contribution < 1.29 is 14.3 Å². The average molecular weight is 445 g/mol. The molecule has 0 saturated carbocycles. The highest BCUT2D eigenvalue weighted by Crippen LogP contribution is 2.53. The van der Waals surface area contributed by atoms with Gasteiger partial charge < -0.3 is 9.47 Å². The normalized spacial score (nSPS) is 20.0. The molecule has 1 aliphatic rings. The summed E-state index contributed by atoms with van der Waals surface area (Å²) >= 11 is 0. The summed E-state index contributed by atoms with van der Waals surface area (Å²) in [7, 11) is -0.340. The summed E-state index contributed by atoms with van der Waals surface area (Å²) in [5.74, 6) is 0.319. The van der Waals surface area contributed by atoms with E-state index in [-0.39, 0.29) is 0 Å². The molecule has 0 radical (unpaired) electrons. The molecule has 2 rings (SSSR count). The molecule has 0 amide bonds. The third-order valence-electron chi connectivity index (χ3n) is 7.56. The van der Waals surface area contributed by atoms with Crippen LogP contribution in [0.5, 0.6) is 0 Å². The minimum atomic E-state index is -2.12. The molecule has 0 heterocycles. The molecule has 1 aromatic carbocycles. The Morgan fingerprint density at radius 3 is 2.03 bits per heavy atom. The molecule has 0 N–H and O–H groups in total. The van der Waals surface area contributed by atoms with Crippen LogP contribution in [0.4, 0.5) is 0 Å². The predicted octanol–water partition coefficient (Wildman–Crippen LogP) is 7.27. The first kappa shape index (κ1) is 26.0. The number of Topliss-reactive ketones (excluding diaryl/α,β-unsaturated/α-hetero) is 1. The smallest absolute Gasteiger partial charge is 0.158 e. The summed E-state index contributed by atoms with van der Waals surface area (Å²) in [6.07, 6.45) is 3.51. The molecule has 1 aliphatic carbocycles. The number of benzene rings is 1. The van der Waals surface area contributed by atoms with Crippen molar-refractivity contribution >= 4 is 13.9 Å². The molecular formula is C27H44O3Si. The zero-order valence-electron chi connectivity index (χ0n) is 21.1. The van der Waals surface area contributed by atoms with Crippen LogP contribution >= 0.6 is 0 Å². The van der Waals surface area contributed by atoms with E-state index in [0.29, 0.717) is 42.0 Å². The van der Waals surface area contributed by atoms with E-state index in [9.17, 15) is 4.79 Å². The first-order valence-electron chi connectivity index (χ1n) is 12.1. The Balaban J connectivity index is 2.58. The molecule has 0 spiro atoms. The number of unbranched alkanes of at least 4 members (excludes halogenated alkanes) is 1. The van der Waals surface area contributed by atoms with Crippen LogP contribution < -0.4 is 0 Å². The minimum absolute atomic E-state index is 0.319. The minimum Gasteiger partial charge on any atom is -0.373 e. The van der Waals surface area contributed by atoms with Crippen LogP contribution in [-0.4, -0.2) is 33.2 Å². The second kappa shape index (κ2) is 11.1. The average Bonchev–Trinajstić information content (AvgIpc) is 2.99. The van der Waals surface area contributed by atoms with E-state index in [1.807, 2.05) is 18.2 Å². The SMILES string of the molecule is CCCC[C@]1(OC)CC(=O)C([Si](C(C)C)(C(C)C)C(C)C)=C1COCc1ccccc1. The quantitative estimate of drug-likeness (QED) is 0.318. The fourth-order valence-corrected chi connectivity index (χ4v) is 13.4. The van der Waals surface area contributed by atoms with Crippen molar-refractivity contribution in [3.8, 4) is 0 Å². The lowest BCUT2D eigenvalue weighted by molar-refractivity contribution is -0.118. The second-order valence-corrected chi connectivity index (χ2v) is 16.0. The lowest BCUT2D eigenvalue weighted by Gasteiger charge is -2.45. The molecule has 4 heteroatoms. The molecule has 0 aromatic heterocycles. The van der Waals surface area contributed by atoms with Gasteiger partial charge in [0.15, 0.2) is 5.78 Å². The van der Waals surface area contributed by atoms with Crippen LogP contribution in [0.25, 0.3) is 0 Å². The zero-order chi connectivity index (χ0) is 23.2. The van der Waals surface area contributed by atoms with Gasteiger partial charge in [0.05, 0.1) is 26.9 Å². The molecule has 3 nitrogen and oxygen atoms in total. The van der Waals surface area contributed by atoms with Crippen molar-refractivity contribution in [2.24, 2.45) is 0 Å². The van der Waals surface area contributed by atoms with Gasteiger partial charge in [-0.15, -0.1) is 0 Å². The Morgan fingerprint density at radius 1 is 0.968 bits per heavy atom. The van der Waals surface area contributed by atoms with E-state index in [1.165, 1.54) is 0 Å². The van der Waals surface area contributed by atoms with E-state index in [2.05, 4.69) is 60.6 Å². The number of ketones is 1. The molecule has 31 heavy (non-hydrogen) atoms. The van der Waals surface area contributed by atoms with Crippen molar-refractivity contribution in [1.82, 2.24) is 0 Å². The number of allylic oxidation sites excluding steroid dienone is 1. The number of hydrogen-bond acceptors (Lipinski definition) is 3. The third-order valence-corrected chi connectivity index (χ3v) is 14.7. The summed E-state index contributed by atoms with van der Waals surface area (Å²) in [6, 6.07) is 10.3. The van der Waals surface area contributed by atoms with E-state index in [0.717, 1.165) is 35.6 Å². The van der Waals surface area contributed by atoms with E-state index in [4.69, 9.17) is 9.47 Å². The highest BCUT2D eigenvalue weighted by molar-refractivity contribution is 6.93.